The van der Waals surface area contributed by atoms with E-state index in [2.05, 4.69) is 24.0 Å². The van der Waals surface area contributed by atoms with Crippen molar-refractivity contribution in [3.63, 3.8) is 0 Å². The van der Waals surface area contributed by atoms with Crippen molar-refractivity contribution in [1.29, 1.82) is 0 Å². The van der Waals surface area contributed by atoms with E-state index in [-0.39, 0.29) is 0 Å². The third-order valence-corrected chi connectivity index (χ3v) is 3.40. The maximum absolute atomic E-state index is 6.01. The third kappa shape index (κ3) is 3.20. The van der Waals surface area contributed by atoms with E-state index in [0.29, 0.717) is 6.04 Å². The fraction of sp³-hybridized carbons (Fsp3) is 0.571. The first kappa shape index (κ1) is 12.4. The van der Waals surface area contributed by atoms with Gasteiger partial charge < -0.3 is 10.5 Å². The van der Waals surface area contributed by atoms with E-state index in [1.165, 1.54) is 18.4 Å². The minimum Gasteiger partial charge on any atom is -0.398 e. The minimum absolute atomic E-state index is 0.451. The lowest BCUT2D eigenvalue weighted by atomic mass is 10.1. The molecule has 1 unspecified atom stereocenters. The van der Waals surface area contributed by atoms with Gasteiger partial charge in [0.1, 0.15) is 0 Å². The molecule has 94 valence electrons. The van der Waals surface area contributed by atoms with Crippen LogP contribution < -0.4 is 5.73 Å². The average molecular weight is 234 g/mol. The van der Waals surface area contributed by atoms with Gasteiger partial charge in [-0.25, -0.2) is 0 Å². The zero-order chi connectivity index (χ0) is 12.3. The summed E-state index contributed by atoms with van der Waals surface area (Å²) in [7, 11) is 1.76. The van der Waals surface area contributed by atoms with Gasteiger partial charge in [-0.1, -0.05) is 18.2 Å². The molecule has 1 atom stereocenters. The molecule has 1 aromatic carbocycles. The van der Waals surface area contributed by atoms with E-state index < -0.39 is 0 Å². The van der Waals surface area contributed by atoms with E-state index in [9.17, 15) is 0 Å². The number of hydrogen-bond donors (Lipinski definition) is 1. The average Bonchev–Trinajstić information content (AvgIpc) is 3.12. The van der Waals surface area contributed by atoms with Gasteiger partial charge in [0.15, 0.2) is 0 Å². The molecular weight excluding hydrogens is 212 g/mol. The molecule has 1 aliphatic carbocycles. The lowest BCUT2D eigenvalue weighted by Gasteiger charge is -2.29. The predicted molar refractivity (Wildman–Crippen MR) is 70.8 cm³/mol. The van der Waals surface area contributed by atoms with Gasteiger partial charge in [-0.05, 0) is 31.4 Å². The van der Waals surface area contributed by atoms with Crippen LogP contribution in [0.3, 0.4) is 0 Å². The molecule has 3 nitrogen and oxygen atoms in total. The van der Waals surface area contributed by atoms with Crippen LogP contribution in [0.25, 0.3) is 0 Å². The number of anilines is 1. The lowest BCUT2D eigenvalue weighted by molar-refractivity contribution is 0.0892. The van der Waals surface area contributed by atoms with Crippen LogP contribution in [-0.2, 0) is 11.3 Å². The number of hydrogen-bond acceptors (Lipinski definition) is 3. The van der Waals surface area contributed by atoms with E-state index in [4.69, 9.17) is 10.5 Å². The summed E-state index contributed by atoms with van der Waals surface area (Å²) in [6.07, 6.45) is 2.61. The molecule has 0 aliphatic heterocycles. The molecule has 0 bridgehead atoms. The zero-order valence-corrected chi connectivity index (χ0v) is 10.7. The van der Waals surface area contributed by atoms with Crippen LogP contribution in [0.4, 0.5) is 5.69 Å². The van der Waals surface area contributed by atoms with Crippen molar-refractivity contribution in [2.75, 3.05) is 19.5 Å². The number of nitrogens with zero attached hydrogens (tertiary/aromatic N) is 1. The predicted octanol–water partition coefficient (Wildman–Crippen LogP) is 2.27. The molecule has 1 aromatic rings. The molecular formula is C14H22N2O. The van der Waals surface area contributed by atoms with E-state index in [1.54, 1.807) is 7.11 Å². The second kappa shape index (κ2) is 5.52. The number of ether oxygens (including phenoxy) is 1. The molecule has 3 heteroatoms. The van der Waals surface area contributed by atoms with Crippen LogP contribution in [0.2, 0.25) is 0 Å². The molecule has 1 aliphatic rings. The second-order valence-electron chi connectivity index (χ2n) is 4.91. The lowest BCUT2D eigenvalue weighted by Crippen LogP contribution is -2.37. The normalized spacial score (nSPS) is 17.4. The molecule has 2 N–H and O–H groups in total. The van der Waals surface area contributed by atoms with Crippen molar-refractivity contribution in [3.8, 4) is 0 Å². The summed E-state index contributed by atoms with van der Waals surface area (Å²) in [5, 5.41) is 0. The monoisotopic (exact) mass is 234 g/mol. The second-order valence-corrected chi connectivity index (χ2v) is 4.91. The standard InChI is InChI=1S/C14H22N2O/c1-11(10-17-2)16(13-7-8-13)9-12-5-3-4-6-14(12)15/h3-6,11,13H,7-10,15H2,1-2H3. The van der Waals surface area contributed by atoms with Crippen LogP contribution in [0.1, 0.15) is 25.3 Å². The molecule has 1 fully saturated rings. The highest BCUT2D eigenvalue weighted by atomic mass is 16.5. The summed E-state index contributed by atoms with van der Waals surface area (Å²) < 4.78 is 5.26. The number of benzene rings is 1. The largest absolute Gasteiger partial charge is 0.398 e. The van der Waals surface area contributed by atoms with Crippen molar-refractivity contribution in [2.45, 2.75) is 38.4 Å². The fourth-order valence-electron chi connectivity index (χ4n) is 2.26. The summed E-state index contributed by atoms with van der Waals surface area (Å²) in [5.41, 5.74) is 8.12. The molecule has 0 heterocycles. The first-order chi connectivity index (χ1) is 8.22. The van der Waals surface area contributed by atoms with Crippen molar-refractivity contribution < 1.29 is 4.74 Å². The van der Waals surface area contributed by atoms with Gasteiger partial charge in [-0.2, -0.15) is 0 Å². The highest BCUT2D eigenvalue weighted by Crippen LogP contribution is 2.31. The van der Waals surface area contributed by atoms with Crippen LogP contribution in [0.15, 0.2) is 24.3 Å². The summed E-state index contributed by atoms with van der Waals surface area (Å²) >= 11 is 0. The molecule has 0 aromatic heterocycles. The molecule has 2 rings (SSSR count). The van der Waals surface area contributed by atoms with Gasteiger partial charge in [0, 0.05) is 31.4 Å². The number of nitrogens with two attached hydrogens (primary N) is 1. The molecule has 1 saturated carbocycles. The van der Waals surface area contributed by atoms with Gasteiger partial charge in [0.25, 0.3) is 0 Å². The van der Waals surface area contributed by atoms with Crippen molar-refractivity contribution in [2.24, 2.45) is 0 Å². The van der Waals surface area contributed by atoms with Crippen molar-refractivity contribution in [3.05, 3.63) is 29.8 Å². The van der Waals surface area contributed by atoms with Crippen molar-refractivity contribution in [1.82, 2.24) is 4.90 Å². The first-order valence-corrected chi connectivity index (χ1v) is 6.30. The van der Waals surface area contributed by atoms with Crippen molar-refractivity contribution >= 4 is 5.69 Å². The molecule has 0 amide bonds. The topological polar surface area (TPSA) is 38.5 Å². The number of para-hydroxylation sites is 1. The Morgan fingerprint density at radius 3 is 2.71 bits per heavy atom. The Balaban J connectivity index is 2.05. The molecule has 0 saturated heterocycles. The van der Waals surface area contributed by atoms with E-state index in [1.807, 2.05) is 12.1 Å². The number of methoxy groups -OCH3 is 1. The quantitative estimate of drug-likeness (QED) is 0.767. The Kier molecular flexibility index (Phi) is 4.02. The molecule has 0 radical (unpaired) electrons. The highest BCUT2D eigenvalue weighted by molar-refractivity contribution is 5.46. The van der Waals surface area contributed by atoms with Gasteiger partial charge in [0.2, 0.25) is 0 Å². The van der Waals surface area contributed by atoms with Crippen LogP contribution >= 0.6 is 0 Å². The SMILES string of the molecule is COCC(C)N(Cc1ccccc1N)C1CC1. The Morgan fingerprint density at radius 2 is 2.12 bits per heavy atom. The zero-order valence-electron chi connectivity index (χ0n) is 10.7. The Labute approximate surface area is 104 Å². The number of rotatable bonds is 6. The Morgan fingerprint density at radius 1 is 1.41 bits per heavy atom. The molecule has 17 heavy (non-hydrogen) atoms. The minimum atomic E-state index is 0.451. The fourth-order valence-corrected chi connectivity index (χ4v) is 2.26. The van der Waals surface area contributed by atoms with Gasteiger partial charge in [-0.15, -0.1) is 0 Å². The maximum Gasteiger partial charge on any atom is 0.0615 e. The van der Waals surface area contributed by atoms with Gasteiger partial charge in [-0.3, -0.25) is 4.90 Å². The summed E-state index contributed by atoms with van der Waals surface area (Å²) in [6.45, 7) is 3.94. The summed E-state index contributed by atoms with van der Waals surface area (Å²) in [4.78, 5) is 2.51. The maximum atomic E-state index is 6.01. The third-order valence-electron chi connectivity index (χ3n) is 3.40. The summed E-state index contributed by atoms with van der Waals surface area (Å²) in [6, 6.07) is 9.30. The highest BCUT2D eigenvalue weighted by Gasteiger charge is 2.32. The van der Waals surface area contributed by atoms with E-state index in [0.717, 1.165) is 24.9 Å². The van der Waals surface area contributed by atoms with Gasteiger partial charge >= 0.3 is 0 Å². The molecule has 0 spiro atoms. The summed E-state index contributed by atoms with van der Waals surface area (Å²) in [5.74, 6) is 0. The van der Waals surface area contributed by atoms with Crippen LogP contribution in [0, 0.1) is 0 Å². The Bertz CT molecular complexity index is 363. The number of nitrogen functional groups attached to an aromatic ring is 1. The van der Waals surface area contributed by atoms with Gasteiger partial charge in [0.05, 0.1) is 6.61 Å². The first-order valence-electron chi connectivity index (χ1n) is 6.30. The Hall–Kier alpha value is -1.06. The van der Waals surface area contributed by atoms with Crippen LogP contribution in [-0.4, -0.2) is 30.7 Å². The van der Waals surface area contributed by atoms with E-state index >= 15 is 0 Å². The smallest absolute Gasteiger partial charge is 0.0615 e. The van der Waals surface area contributed by atoms with Crippen LogP contribution in [0.5, 0.6) is 0 Å².